The molecule has 0 saturated heterocycles. The summed E-state index contributed by atoms with van der Waals surface area (Å²) >= 11 is 0. The van der Waals surface area contributed by atoms with Crippen molar-refractivity contribution in [3.8, 4) is 0 Å². The molecule has 0 aliphatic rings. The second-order valence-electron chi connectivity index (χ2n) is 0. The number of hydrogen-bond donors (Lipinski definition) is 0. The number of hydrogen-bond acceptors (Lipinski definition) is 0. The van der Waals surface area contributed by atoms with Crippen molar-refractivity contribution in [1.29, 1.82) is 0 Å². The molecule has 20 heteroatoms. The summed E-state index contributed by atoms with van der Waals surface area (Å²) in [5, 5.41) is 0. The van der Waals surface area contributed by atoms with Crippen molar-refractivity contribution in [2.45, 2.75) is 0 Å². The van der Waals surface area contributed by atoms with E-state index < -0.39 is 0 Å². The zero-order chi connectivity index (χ0) is 0. The molecule has 0 atom stereocenters. The van der Waals surface area contributed by atoms with E-state index in [1.165, 1.54) is 0 Å². The molecule has 0 aromatic carbocycles. The van der Waals surface area contributed by atoms with Crippen molar-refractivity contribution >= 4 is 0 Å². The maximum atomic E-state index is 0. The van der Waals surface area contributed by atoms with Gasteiger partial charge < -0.3 is 186 Å². The first-order valence-electron chi connectivity index (χ1n) is 0. The van der Waals surface area contributed by atoms with Gasteiger partial charge in [-0.2, -0.15) is 0 Å². The molecule has 0 heterocycles. The fraction of sp³-hybridized carbons (Fsp3) is 0. The van der Waals surface area contributed by atoms with Gasteiger partial charge >= 0.3 is 101 Å². The zero-order valence-electron chi connectivity index (χ0n) is 7.34. The van der Waals surface area contributed by atoms with Gasteiger partial charge in [0, 0.05) is 0 Å². The van der Waals surface area contributed by atoms with Crippen LogP contribution in [0.4, 0.5) is 0 Å². The number of halogens is 15. The summed E-state index contributed by atoms with van der Waals surface area (Å²) in [7, 11) is 0. The Hall–Kier alpha value is 7.60. The first-order valence-corrected chi connectivity index (χ1v) is 0. The van der Waals surface area contributed by atoms with Crippen LogP contribution in [0.1, 0.15) is 0 Å². The molecule has 20 heavy (non-hydrogen) atoms. The van der Waals surface area contributed by atoms with E-state index in [1.54, 1.807) is 0 Å². The molecule has 0 aromatic rings. The Kier molecular flexibility index (Phi) is 5110. The quantitative estimate of drug-likeness (QED) is 0.227. The minimum absolute atomic E-state index is 0. The summed E-state index contributed by atoms with van der Waals surface area (Å²) < 4.78 is 0. The van der Waals surface area contributed by atoms with Gasteiger partial charge in [-0.15, -0.1) is 0 Å². The Morgan fingerprint density at radius 2 is 0.100 bits per heavy atom. The molecular weight excluding hydrogens is 1490 g/mol. The van der Waals surface area contributed by atoms with E-state index in [9.17, 15) is 0 Å². The smallest absolute Gasteiger partial charge is 1.00 e. The van der Waals surface area contributed by atoms with Crippen molar-refractivity contribution in [2.24, 2.45) is 0 Å². The molecule has 0 unspecified atom stereocenters. The maximum Gasteiger partial charge on any atom is 3.00 e. The fourth-order valence-electron chi connectivity index (χ4n) is 0. The van der Waals surface area contributed by atoms with Crippen LogP contribution in [-0.2, 0) is 101 Å². The van der Waals surface area contributed by atoms with E-state index in [4.69, 9.17) is 0 Å². The third kappa shape index (κ3) is 268. The molecule has 0 radical (unpaired) electrons. The van der Waals surface area contributed by atoms with Gasteiger partial charge in [-0.25, -0.2) is 0 Å². The molecule has 0 fully saturated rings. The predicted molar refractivity (Wildman–Crippen MR) is 0 cm³/mol. The van der Waals surface area contributed by atoms with Crippen LogP contribution in [0.15, 0.2) is 0 Å². The Morgan fingerprint density at radius 3 is 0.100 bits per heavy atom. The fourth-order valence-corrected chi connectivity index (χ4v) is 0. The van der Waals surface area contributed by atoms with E-state index in [0.717, 1.165) is 0 Å². The van der Waals surface area contributed by atoms with Crippen LogP contribution < -0.4 is 186 Å². The molecular formula is Cl15Ir5. The van der Waals surface area contributed by atoms with E-state index in [1.807, 2.05) is 0 Å². The number of rotatable bonds is 0. The van der Waals surface area contributed by atoms with Crippen LogP contribution in [0.25, 0.3) is 0 Å². The van der Waals surface area contributed by atoms with Gasteiger partial charge in [-0.3, -0.25) is 0 Å². The first-order chi connectivity index (χ1) is 0. The molecule has 0 aliphatic heterocycles. The van der Waals surface area contributed by atoms with Crippen LogP contribution >= 0.6 is 0 Å². The van der Waals surface area contributed by atoms with Crippen LogP contribution in [0.2, 0.25) is 0 Å². The average Bonchev–Trinajstić information content (AvgIpc) is 0. The van der Waals surface area contributed by atoms with Crippen molar-refractivity contribution in [3.05, 3.63) is 0 Å². The summed E-state index contributed by atoms with van der Waals surface area (Å²) in [6, 6.07) is 0. The normalized spacial score (nSPS) is 0. The average molecular weight is 1490 g/mol. The van der Waals surface area contributed by atoms with E-state index in [-0.39, 0.29) is 287 Å². The zero-order valence-corrected chi connectivity index (χ0v) is 30.7. The molecule has 0 aromatic heterocycles. The van der Waals surface area contributed by atoms with Gasteiger partial charge in [0.05, 0.1) is 0 Å². The van der Waals surface area contributed by atoms with Crippen molar-refractivity contribution in [2.75, 3.05) is 0 Å². The molecule has 0 aliphatic carbocycles. The monoisotopic (exact) mass is 1490 g/mol. The molecule has 0 bridgehead atoms. The summed E-state index contributed by atoms with van der Waals surface area (Å²) in [5.74, 6) is 0. The third-order valence-corrected chi connectivity index (χ3v) is 0. The third-order valence-electron chi connectivity index (χ3n) is 0. The Labute approximate surface area is 281 Å². The van der Waals surface area contributed by atoms with E-state index >= 15 is 0 Å². The van der Waals surface area contributed by atoms with Crippen molar-refractivity contribution < 1.29 is 287 Å². The summed E-state index contributed by atoms with van der Waals surface area (Å²) in [5.41, 5.74) is 0. The summed E-state index contributed by atoms with van der Waals surface area (Å²) in [4.78, 5) is 0. The van der Waals surface area contributed by atoms with Gasteiger partial charge in [0.15, 0.2) is 0 Å². The van der Waals surface area contributed by atoms with Gasteiger partial charge in [0.2, 0.25) is 0 Å². The van der Waals surface area contributed by atoms with Crippen LogP contribution in [0.3, 0.4) is 0 Å². The largest absolute Gasteiger partial charge is 3.00 e. The molecule has 0 N–H and O–H groups in total. The maximum absolute atomic E-state index is 0. The predicted octanol–water partition coefficient (Wildman–Crippen LogP) is -45.0. The standard InChI is InChI=1S/15ClH.5Ir/h15*1H;;;;;/q;;;;;;;;;;;;;;;5*+3/p-15. The van der Waals surface area contributed by atoms with Crippen LogP contribution in [0, 0.1) is 0 Å². The molecule has 0 saturated carbocycles. The van der Waals surface area contributed by atoms with Crippen LogP contribution in [0.5, 0.6) is 0 Å². The second-order valence-corrected chi connectivity index (χ2v) is 0. The van der Waals surface area contributed by atoms with E-state index in [2.05, 4.69) is 0 Å². The molecule has 0 spiro atoms. The van der Waals surface area contributed by atoms with Gasteiger partial charge in [-0.05, 0) is 0 Å². The molecule has 0 amide bonds. The van der Waals surface area contributed by atoms with Crippen molar-refractivity contribution in [1.82, 2.24) is 0 Å². The van der Waals surface area contributed by atoms with Crippen molar-refractivity contribution in [3.63, 3.8) is 0 Å². The summed E-state index contributed by atoms with van der Waals surface area (Å²) in [6.07, 6.45) is 0. The second kappa shape index (κ2) is 302. The molecule has 150 valence electrons. The SMILES string of the molecule is [Cl-].[Cl-].[Cl-].[Cl-].[Cl-].[Cl-].[Cl-].[Cl-].[Cl-].[Cl-].[Cl-].[Cl-].[Cl-].[Cl-].[Cl-].[Ir+3].[Ir+3].[Ir+3].[Ir+3].[Ir+3]. The summed E-state index contributed by atoms with van der Waals surface area (Å²) in [6.45, 7) is 0. The molecule has 0 rings (SSSR count). The Morgan fingerprint density at radius 1 is 0.100 bits per heavy atom. The van der Waals surface area contributed by atoms with Gasteiger partial charge in [0.25, 0.3) is 0 Å². The Balaban J connectivity index is 0. The van der Waals surface area contributed by atoms with E-state index in [0.29, 0.717) is 0 Å². The van der Waals surface area contributed by atoms with Gasteiger partial charge in [-0.1, -0.05) is 0 Å². The molecule has 0 nitrogen and oxygen atoms in total. The minimum atomic E-state index is 0. The Bertz CT molecular complexity index is 16.2. The minimum Gasteiger partial charge on any atom is -1.00 e. The first kappa shape index (κ1) is 338. The topological polar surface area (TPSA) is 0 Å². The van der Waals surface area contributed by atoms with Gasteiger partial charge in [0.1, 0.15) is 0 Å². The van der Waals surface area contributed by atoms with Crippen LogP contribution in [-0.4, -0.2) is 0 Å².